The molecular formula is C26H32N6O2. The molecule has 2 aliphatic rings. The predicted octanol–water partition coefficient (Wildman–Crippen LogP) is 3.44. The van der Waals surface area contributed by atoms with Gasteiger partial charge >= 0.3 is 0 Å². The molecule has 1 aromatic heterocycles. The van der Waals surface area contributed by atoms with Gasteiger partial charge in [-0.3, -0.25) is 4.90 Å². The summed E-state index contributed by atoms with van der Waals surface area (Å²) in [4.78, 5) is 6.54. The first-order chi connectivity index (χ1) is 16.7. The molecule has 34 heavy (non-hydrogen) atoms. The van der Waals surface area contributed by atoms with Gasteiger partial charge in [0.2, 0.25) is 0 Å². The second-order valence-electron chi connectivity index (χ2n) is 8.61. The van der Waals surface area contributed by atoms with Crippen LogP contribution in [0.2, 0.25) is 0 Å². The van der Waals surface area contributed by atoms with E-state index >= 15 is 0 Å². The van der Waals surface area contributed by atoms with Crippen molar-refractivity contribution < 1.29 is 9.15 Å². The fourth-order valence-corrected chi connectivity index (χ4v) is 4.69. The minimum Gasteiger partial charge on any atom is -0.495 e. The second-order valence-corrected chi connectivity index (χ2v) is 8.61. The van der Waals surface area contributed by atoms with Crippen LogP contribution in [0.3, 0.4) is 0 Å². The lowest BCUT2D eigenvalue weighted by Gasteiger charge is -2.26. The number of nitrogens with one attached hydrogen (secondary N) is 1. The van der Waals surface area contributed by atoms with Crippen LogP contribution in [-0.2, 0) is 13.1 Å². The monoisotopic (exact) mass is 460 g/mol. The van der Waals surface area contributed by atoms with Crippen molar-refractivity contribution in [1.29, 1.82) is 10.5 Å². The van der Waals surface area contributed by atoms with E-state index < -0.39 is 0 Å². The van der Waals surface area contributed by atoms with Gasteiger partial charge in [0.1, 0.15) is 35.2 Å². The molecule has 0 aliphatic carbocycles. The molecular weight excluding hydrogens is 428 g/mol. The van der Waals surface area contributed by atoms with E-state index in [-0.39, 0.29) is 5.57 Å². The van der Waals surface area contributed by atoms with Crippen LogP contribution in [0.4, 0.5) is 5.69 Å². The van der Waals surface area contributed by atoms with Gasteiger partial charge in [0.25, 0.3) is 0 Å². The van der Waals surface area contributed by atoms with Gasteiger partial charge in [0, 0.05) is 26.2 Å². The molecule has 0 spiro atoms. The van der Waals surface area contributed by atoms with Crippen molar-refractivity contribution in [2.45, 2.75) is 32.4 Å². The molecule has 2 aromatic rings. The molecule has 2 aliphatic heterocycles. The van der Waals surface area contributed by atoms with Crippen molar-refractivity contribution in [3.8, 4) is 17.9 Å². The molecule has 178 valence electrons. The van der Waals surface area contributed by atoms with Crippen molar-refractivity contribution in [2.75, 3.05) is 51.3 Å². The molecule has 0 atom stereocenters. The maximum atomic E-state index is 9.59. The zero-order chi connectivity index (χ0) is 23.8. The highest BCUT2D eigenvalue weighted by Crippen LogP contribution is 2.35. The van der Waals surface area contributed by atoms with Crippen molar-refractivity contribution in [3.05, 3.63) is 59.3 Å². The van der Waals surface area contributed by atoms with Crippen molar-refractivity contribution >= 4 is 5.69 Å². The Kier molecular flexibility index (Phi) is 8.08. The highest BCUT2D eigenvalue weighted by atomic mass is 16.5. The maximum absolute atomic E-state index is 9.59. The Balaban J connectivity index is 1.34. The largest absolute Gasteiger partial charge is 0.495 e. The van der Waals surface area contributed by atoms with Gasteiger partial charge in [-0.2, -0.15) is 10.5 Å². The van der Waals surface area contributed by atoms with Crippen LogP contribution in [0, 0.1) is 22.7 Å². The van der Waals surface area contributed by atoms with E-state index in [2.05, 4.69) is 33.3 Å². The van der Waals surface area contributed by atoms with Crippen LogP contribution in [0.5, 0.6) is 5.75 Å². The third-order valence-electron chi connectivity index (χ3n) is 6.38. The molecule has 2 saturated heterocycles. The maximum Gasteiger partial charge on any atom is 0.170 e. The van der Waals surface area contributed by atoms with Gasteiger partial charge in [0.05, 0.1) is 25.9 Å². The van der Waals surface area contributed by atoms with Gasteiger partial charge in [-0.15, -0.1) is 0 Å². The fraction of sp³-hybridized carbons (Fsp3) is 0.462. The van der Waals surface area contributed by atoms with Crippen LogP contribution in [-0.4, -0.2) is 56.2 Å². The number of piperidine rings is 1. The number of rotatable bonds is 9. The molecule has 0 amide bonds. The number of nitriles is 2. The number of anilines is 1. The van der Waals surface area contributed by atoms with Crippen LogP contribution >= 0.6 is 0 Å². The molecule has 3 heterocycles. The van der Waals surface area contributed by atoms with Gasteiger partial charge in [0.15, 0.2) is 5.57 Å². The Morgan fingerprint density at radius 3 is 2.53 bits per heavy atom. The number of hydrogen-bond acceptors (Lipinski definition) is 8. The minimum absolute atomic E-state index is 0.108. The second kappa shape index (κ2) is 11.6. The summed E-state index contributed by atoms with van der Waals surface area (Å²) in [7, 11) is 1.63. The summed E-state index contributed by atoms with van der Waals surface area (Å²) in [5.41, 5.74) is 0.965. The average Bonchev–Trinajstić information content (AvgIpc) is 3.50. The number of furan rings is 1. The lowest BCUT2D eigenvalue weighted by Crippen LogP contribution is -2.31. The quantitative estimate of drug-likeness (QED) is 0.449. The normalized spacial score (nSPS) is 16.4. The Hall–Kier alpha value is -3.46. The van der Waals surface area contributed by atoms with Gasteiger partial charge < -0.3 is 24.3 Å². The fourth-order valence-electron chi connectivity index (χ4n) is 4.69. The predicted molar refractivity (Wildman–Crippen MR) is 130 cm³/mol. The first-order valence-electron chi connectivity index (χ1n) is 11.9. The number of benzene rings is 1. The Morgan fingerprint density at radius 2 is 1.76 bits per heavy atom. The number of hydrogen-bond donors (Lipinski definition) is 1. The lowest BCUT2D eigenvalue weighted by molar-refractivity contribution is 0.203. The van der Waals surface area contributed by atoms with Gasteiger partial charge in [-0.1, -0.05) is 18.6 Å². The summed E-state index contributed by atoms with van der Waals surface area (Å²) >= 11 is 0. The summed E-state index contributed by atoms with van der Waals surface area (Å²) in [6.07, 6.45) is 3.88. The average molecular weight is 461 g/mol. The van der Waals surface area contributed by atoms with Gasteiger partial charge in [-0.05, 0) is 50.2 Å². The van der Waals surface area contributed by atoms with Crippen molar-refractivity contribution in [3.63, 3.8) is 0 Å². The number of nitrogens with zero attached hydrogens (tertiary/aromatic N) is 5. The topological polar surface area (TPSA) is 91.7 Å². The first-order valence-corrected chi connectivity index (χ1v) is 11.9. The van der Waals surface area contributed by atoms with Crippen molar-refractivity contribution in [1.82, 2.24) is 15.1 Å². The number of likely N-dealkylation sites (tertiary alicyclic amines) is 1. The van der Waals surface area contributed by atoms with E-state index in [1.54, 1.807) is 7.11 Å². The summed E-state index contributed by atoms with van der Waals surface area (Å²) in [5, 5.41) is 22.6. The molecule has 0 radical (unpaired) electrons. The van der Waals surface area contributed by atoms with E-state index in [0.717, 1.165) is 43.4 Å². The SMILES string of the molecule is COc1ccccc1N1CCN(CCNCc2ccc(CN3CCCCC3)o2)C1=C(C#N)C#N. The number of allylic oxidation sites excluding steroid dienone is 1. The highest BCUT2D eigenvalue weighted by Gasteiger charge is 2.30. The van der Waals surface area contributed by atoms with E-state index in [1.807, 2.05) is 35.2 Å². The number of ether oxygens (including phenoxy) is 1. The smallest absolute Gasteiger partial charge is 0.170 e. The minimum atomic E-state index is 0.108. The van der Waals surface area contributed by atoms with Crippen LogP contribution < -0.4 is 15.0 Å². The molecule has 1 N–H and O–H groups in total. The van der Waals surface area contributed by atoms with E-state index in [9.17, 15) is 10.5 Å². The van der Waals surface area contributed by atoms with Crippen molar-refractivity contribution in [2.24, 2.45) is 0 Å². The summed E-state index contributed by atoms with van der Waals surface area (Å²) in [6.45, 7) is 6.62. The Bertz CT molecular complexity index is 1060. The van der Waals surface area contributed by atoms with E-state index in [0.29, 0.717) is 37.7 Å². The number of methoxy groups -OCH3 is 1. The molecule has 4 rings (SSSR count). The zero-order valence-electron chi connectivity index (χ0n) is 19.8. The third kappa shape index (κ3) is 5.53. The Labute approximate surface area is 201 Å². The van der Waals surface area contributed by atoms with Gasteiger partial charge in [-0.25, -0.2) is 0 Å². The van der Waals surface area contributed by atoms with Crippen LogP contribution in [0.25, 0.3) is 0 Å². The summed E-state index contributed by atoms with van der Waals surface area (Å²) in [5.74, 6) is 3.30. The molecule has 2 fully saturated rings. The lowest BCUT2D eigenvalue weighted by atomic mass is 10.1. The van der Waals surface area contributed by atoms with Crippen LogP contribution in [0.1, 0.15) is 30.8 Å². The zero-order valence-corrected chi connectivity index (χ0v) is 19.8. The molecule has 0 saturated carbocycles. The molecule has 8 nitrogen and oxygen atoms in total. The van der Waals surface area contributed by atoms with E-state index in [4.69, 9.17) is 9.15 Å². The molecule has 0 unspecified atom stereocenters. The summed E-state index contributed by atoms with van der Waals surface area (Å²) < 4.78 is 11.5. The highest BCUT2D eigenvalue weighted by molar-refractivity contribution is 5.65. The Morgan fingerprint density at radius 1 is 1.00 bits per heavy atom. The molecule has 8 heteroatoms. The standard InChI is InChI=1S/C26H32N6O2/c1-33-25-8-4-3-7-24(25)32-16-15-31(26(32)21(17-27)18-28)14-11-29-19-22-9-10-23(34-22)20-30-12-5-2-6-13-30/h3-4,7-10,29H,2,5-6,11-16,19-20H2,1H3. The number of para-hydroxylation sites is 2. The molecule has 1 aromatic carbocycles. The molecule has 0 bridgehead atoms. The van der Waals surface area contributed by atoms with E-state index in [1.165, 1.54) is 19.3 Å². The summed E-state index contributed by atoms with van der Waals surface area (Å²) in [6, 6.07) is 15.9. The third-order valence-corrected chi connectivity index (χ3v) is 6.38. The first kappa shape index (κ1) is 23.7. The van der Waals surface area contributed by atoms with Crippen LogP contribution in [0.15, 0.2) is 52.2 Å².